The Labute approximate surface area is 113 Å². The number of hydrogen-bond acceptors (Lipinski definition) is 5. The van der Waals surface area contributed by atoms with Gasteiger partial charge in [0, 0.05) is 0 Å². The quantitative estimate of drug-likeness (QED) is 0.799. The van der Waals surface area contributed by atoms with Gasteiger partial charge in [-0.3, -0.25) is 0 Å². The molecule has 0 fully saturated rings. The first-order valence-corrected chi connectivity index (χ1v) is 6.55. The Morgan fingerprint density at radius 3 is 3.00 bits per heavy atom. The second-order valence-corrected chi connectivity index (χ2v) is 4.79. The van der Waals surface area contributed by atoms with Gasteiger partial charge in [-0.05, 0) is 31.3 Å². The van der Waals surface area contributed by atoms with Crippen molar-refractivity contribution in [2.24, 2.45) is 0 Å². The van der Waals surface area contributed by atoms with Gasteiger partial charge in [-0.25, -0.2) is 0 Å². The Bertz CT molecular complexity index is 692. The molecule has 0 aliphatic rings. The van der Waals surface area contributed by atoms with Gasteiger partial charge in [0.1, 0.15) is 22.6 Å². The summed E-state index contributed by atoms with van der Waals surface area (Å²) in [5, 5.41) is 3.67. The molecule has 2 aromatic heterocycles. The minimum absolute atomic E-state index is 0.626. The first kappa shape index (κ1) is 11.6. The summed E-state index contributed by atoms with van der Waals surface area (Å²) in [6.45, 7) is 0.683. The van der Waals surface area contributed by atoms with E-state index in [4.69, 9.17) is 16.0 Å². The van der Waals surface area contributed by atoms with Crippen molar-refractivity contribution in [2.45, 2.75) is 6.54 Å². The van der Waals surface area contributed by atoms with Gasteiger partial charge in [-0.1, -0.05) is 11.6 Å². The van der Waals surface area contributed by atoms with E-state index in [2.05, 4.69) is 14.1 Å². The highest BCUT2D eigenvalue weighted by Crippen LogP contribution is 2.35. The topological polar surface area (TPSA) is 51.0 Å². The van der Waals surface area contributed by atoms with Gasteiger partial charge in [0.25, 0.3) is 0 Å². The average Bonchev–Trinajstić information content (AvgIpc) is 2.98. The molecule has 1 N–H and O–H groups in total. The monoisotopic (exact) mass is 279 g/mol. The van der Waals surface area contributed by atoms with Crippen molar-refractivity contribution >= 4 is 34.4 Å². The lowest BCUT2D eigenvalue weighted by atomic mass is 10.1. The summed E-state index contributed by atoms with van der Waals surface area (Å²) >= 11 is 7.42. The van der Waals surface area contributed by atoms with Gasteiger partial charge in [0.2, 0.25) is 0 Å². The Balaban J connectivity index is 2.17. The zero-order chi connectivity index (χ0) is 12.5. The van der Waals surface area contributed by atoms with E-state index in [0.29, 0.717) is 11.6 Å². The molecule has 2 heterocycles. The molecule has 3 aromatic rings. The van der Waals surface area contributed by atoms with Gasteiger partial charge in [-0.15, -0.1) is 0 Å². The molecule has 4 nitrogen and oxygen atoms in total. The molecule has 0 unspecified atom stereocenters. The van der Waals surface area contributed by atoms with Gasteiger partial charge in [-0.2, -0.15) is 8.75 Å². The van der Waals surface area contributed by atoms with Crippen LogP contribution in [0.2, 0.25) is 5.02 Å². The van der Waals surface area contributed by atoms with Crippen molar-refractivity contribution < 1.29 is 4.42 Å². The molecule has 0 aliphatic heterocycles. The third-order valence-corrected chi connectivity index (χ3v) is 3.49. The number of rotatable bonds is 3. The number of fused-ring (bicyclic) bond motifs is 1. The van der Waals surface area contributed by atoms with Crippen LogP contribution in [-0.4, -0.2) is 15.8 Å². The van der Waals surface area contributed by atoms with Crippen molar-refractivity contribution in [3.8, 4) is 11.3 Å². The summed E-state index contributed by atoms with van der Waals surface area (Å²) in [5.41, 5.74) is 2.44. The van der Waals surface area contributed by atoms with E-state index in [1.807, 2.05) is 31.3 Å². The fraction of sp³-hybridized carbons (Fsp3) is 0.167. The van der Waals surface area contributed by atoms with Crippen molar-refractivity contribution in [3.05, 3.63) is 35.0 Å². The summed E-state index contributed by atoms with van der Waals surface area (Å²) < 4.78 is 14.2. The van der Waals surface area contributed by atoms with Crippen LogP contribution in [-0.2, 0) is 6.54 Å². The zero-order valence-electron chi connectivity index (χ0n) is 9.61. The van der Waals surface area contributed by atoms with Gasteiger partial charge >= 0.3 is 0 Å². The van der Waals surface area contributed by atoms with Crippen LogP contribution < -0.4 is 5.32 Å². The highest BCUT2D eigenvalue weighted by molar-refractivity contribution is 7.00. The first-order chi connectivity index (χ1) is 8.79. The number of nitrogens with one attached hydrogen (secondary N) is 1. The molecule has 92 valence electrons. The number of furan rings is 1. The Kier molecular flexibility index (Phi) is 3.03. The molecule has 0 spiro atoms. The van der Waals surface area contributed by atoms with Crippen molar-refractivity contribution in [1.82, 2.24) is 14.1 Å². The van der Waals surface area contributed by atoms with Crippen LogP contribution in [0.5, 0.6) is 0 Å². The summed E-state index contributed by atoms with van der Waals surface area (Å²) in [4.78, 5) is 0. The normalized spacial score (nSPS) is 11.2. The number of benzene rings is 1. The van der Waals surface area contributed by atoms with Crippen LogP contribution in [0.1, 0.15) is 5.76 Å². The summed E-state index contributed by atoms with van der Waals surface area (Å²) in [7, 11) is 1.88. The number of halogens is 1. The highest BCUT2D eigenvalue weighted by atomic mass is 35.5. The van der Waals surface area contributed by atoms with E-state index in [-0.39, 0.29) is 0 Å². The SMILES string of the molecule is CNCc1ccc(-c2c(Cl)ccc3nsnc23)o1. The van der Waals surface area contributed by atoms with Crippen LogP contribution in [0.15, 0.2) is 28.7 Å². The predicted octanol–water partition coefficient (Wildman–Crippen LogP) is 3.32. The molecule has 18 heavy (non-hydrogen) atoms. The number of hydrogen-bond donors (Lipinski definition) is 1. The van der Waals surface area contributed by atoms with E-state index in [1.54, 1.807) is 0 Å². The lowest BCUT2D eigenvalue weighted by Crippen LogP contribution is -2.03. The molecule has 0 saturated carbocycles. The van der Waals surface area contributed by atoms with Crippen LogP contribution in [0.25, 0.3) is 22.4 Å². The third kappa shape index (κ3) is 1.90. The van der Waals surface area contributed by atoms with E-state index < -0.39 is 0 Å². The van der Waals surface area contributed by atoms with Crippen LogP contribution in [0.4, 0.5) is 0 Å². The number of aromatic nitrogens is 2. The van der Waals surface area contributed by atoms with Gasteiger partial charge in [0.15, 0.2) is 0 Å². The molecule has 0 bridgehead atoms. The first-order valence-electron chi connectivity index (χ1n) is 5.44. The average molecular weight is 280 g/mol. The fourth-order valence-electron chi connectivity index (χ4n) is 1.84. The number of nitrogens with zero attached hydrogens (tertiary/aromatic N) is 2. The molecule has 0 aliphatic carbocycles. The second kappa shape index (κ2) is 4.68. The van der Waals surface area contributed by atoms with Crippen molar-refractivity contribution in [2.75, 3.05) is 7.05 Å². The van der Waals surface area contributed by atoms with Crippen molar-refractivity contribution in [1.29, 1.82) is 0 Å². The molecule has 0 saturated heterocycles. The predicted molar refractivity (Wildman–Crippen MR) is 72.9 cm³/mol. The van der Waals surface area contributed by atoms with Gasteiger partial charge < -0.3 is 9.73 Å². The molecule has 1 aromatic carbocycles. The zero-order valence-corrected chi connectivity index (χ0v) is 11.2. The summed E-state index contributed by atoms with van der Waals surface area (Å²) in [6, 6.07) is 7.52. The minimum atomic E-state index is 0.626. The molecular formula is C12H10ClN3OS. The Morgan fingerprint density at radius 1 is 1.28 bits per heavy atom. The molecule has 0 amide bonds. The third-order valence-electron chi connectivity index (χ3n) is 2.64. The van der Waals surface area contributed by atoms with Crippen LogP contribution in [0.3, 0.4) is 0 Å². The van der Waals surface area contributed by atoms with Crippen molar-refractivity contribution in [3.63, 3.8) is 0 Å². The van der Waals surface area contributed by atoms with E-state index in [9.17, 15) is 0 Å². The molecule has 0 atom stereocenters. The van der Waals surface area contributed by atoms with Gasteiger partial charge in [0.05, 0.1) is 28.9 Å². The van der Waals surface area contributed by atoms with Crippen LogP contribution >= 0.6 is 23.3 Å². The summed E-state index contributed by atoms with van der Waals surface area (Å²) in [6.07, 6.45) is 0. The maximum Gasteiger partial charge on any atom is 0.138 e. The standard InChI is InChI=1S/C12H10ClN3OS/c1-14-6-7-2-5-10(17-7)11-8(13)3-4-9-12(11)16-18-15-9/h2-5,14H,6H2,1H3. The van der Waals surface area contributed by atoms with Crippen LogP contribution in [0, 0.1) is 0 Å². The molecule has 3 rings (SSSR count). The van der Waals surface area contributed by atoms with E-state index in [1.165, 1.54) is 11.7 Å². The lowest BCUT2D eigenvalue weighted by Gasteiger charge is -2.01. The van der Waals surface area contributed by atoms with E-state index in [0.717, 1.165) is 28.1 Å². The lowest BCUT2D eigenvalue weighted by molar-refractivity contribution is 0.507. The maximum absolute atomic E-state index is 6.24. The highest BCUT2D eigenvalue weighted by Gasteiger charge is 2.15. The Morgan fingerprint density at radius 2 is 2.17 bits per heavy atom. The smallest absolute Gasteiger partial charge is 0.138 e. The fourth-order valence-corrected chi connectivity index (χ4v) is 2.63. The minimum Gasteiger partial charge on any atom is -0.460 e. The summed E-state index contributed by atoms with van der Waals surface area (Å²) in [5.74, 6) is 1.59. The molecular weight excluding hydrogens is 270 g/mol. The second-order valence-electron chi connectivity index (χ2n) is 3.85. The van der Waals surface area contributed by atoms with E-state index >= 15 is 0 Å². The molecule has 6 heteroatoms. The molecule has 0 radical (unpaired) electrons. The Hall–Kier alpha value is -1.43. The maximum atomic E-state index is 6.24. The largest absolute Gasteiger partial charge is 0.460 e.